The number of hydrogen-bond donors (Lipinski definition) is 1. The van der Waals surface area contributed by atoms with Crippen molar-refractivity contribution in [3.63, 3.8) is 0 Å². The van der Waals surface area contributed by atoms with Crippen molar-refractivity contribution in [1.82, 2.24) is 4.90 Å². The van der Waals surface area contributed by atoms with Crippen LogP contribution < -0.4 is 0 Å². The first-order chi connectivity index (χ1) is 10.1. The molecule has 0 bridgehead atoms. The number of carboxylic acids is 1. The van der Waals surface area contributed by atoms with Gasteiger partial charge >= 0.3 is 5.97 Å². The van der Waals surface area contributed by atoms with Crippen molar-refractivity contribution in [3.05, 3.63) is 35.0 Å². The molecule has 2 aromatic rings. The van der Waals surface area contributed by atoms with Crippen molar-refractivity contribution >= 4 is 33.3 Å². The van der Waals surface area contributed by atoms with Crippen molar-refractivity contribution in [1.29, 1.82) is 0 Å². The second kappa shape index (κ2) is 5.44. The van der Waals surface area contributed by atoms with E-state index in [-0.39, 0.29) is 24.2 Å². The molecule has 1 aliphatic heterocycles. The molecule has 1 saturated heterocycles. The number of nitrogens with zero attached hydrogens (tertiary/aromatic N) is 1. The Morgan fingerprint density at radius 3 is 2.95 bits per heavy atom. The highest BCUT2D eigenvalue weighted by Gasteiger charge is 2.31. The van der Waals surface area contributed by atoms with Crippen LogP contribution in [0.15, 0.2) is 24.3 Å². The second-order valence-corrected chi connectivity index (χ2v) is 6.24. The summed E-state index contributed by atoms with van der Waals surface area (Å²) < 4.78 is 14.4. The summed E-state index contributed by atoms with van der Waals surface area (Å²) in [4.78, 5) is 25.5. The Balaban J connectivity index is 1.89. The van der Waals surface area contributed by atoms with Crippen LogP contribution in [0, 0.1) is 5.82 Å². The van der Waals surface area contributed by atoms with E-state index in [1.807, 2.05) is 0 Å². The van der Waals surface area contributed by atoms with E-state index in [2.05, 4.69) is 0 Å². The van der Waals surface area contributed by atoms with Crippen LogP contribution >= 0.6 is 11.3 Å². The first kappa shape index (κ1) is 14.0. The normalized spacial score (nSPS) is 18.3. The summed E-state index contributed by atoms with van der Waals surface area (Å²) in [5.41, 5.74) is 0. The Labute approximate surface area is 124 Å². The maximum Gasteiger partial charge on any atom is 0.305 e. The highest BCUT2D eigenvalue weighted by molar-refractivity contribution is 7.20. The minimum Gasteiger partial charge on any atom is -0.481 e. The molecular weight excluding hydrogens is 293 g/mol. The molecule has 0 saturated carbocycles. The maximum absolute atomic E-state index is 13.7. The number of amides is 1. The predicted molar refractivity (Wildman–Crippen MR) is 78.1 cm³/mol. The van der Waals surface area contributed by atoms with E-state index in [9.17, 15) is 14.0 Å². The Morgan fingerprint density at radius 2 is 2.24 bits per heavy atom. The van der Waals surface area contributed by atoms with Crippen LogP contribution in [-0.2, 0) is 4.79 Å². The summed E-state index contributed by atoms with van der Waals surface area (Å²) in [6, 6.07) is 6.06. The summed E-state index contributed by atoms with van der Waals surface area (Å²) in [6.45, 7) is 0.563. The highest BCUT2D eigenvalue weighted by Crippen LogP contribution is 2.30. The van der Waals surface area contributed by atoms with E-state index in [1.165, 1.54) is 17.4 Å². The third-order valence-corrected chi connectivity index (χ3v) is 4.86. The van der Waals surface area contributed by atoms with Crippen LogP contribution in [0.5, 0.6) is 0 Å². The maximum atomic E-state index is 13.7. The van der Waals surface area contributed by atoms with E-state index in [1.54, 1.807) is 23.1 Å². The third-order valence-electron chi connectivity index (χ3n) is 3.77. The Hall–Kier alpha value is -1.95. The number of aliphatic carboxylic acids is 1. The van der Waals surface area contributed by atoms with E-state index in [0.717, 1.165) is 11.1 Å². The molecule has 1 N–H and O–H groups in total. The second-order valence-electron chi connectivity index (χ2n) is 5.15. The van der Waals surface area contributed by atoms with Gasteiger partial charge in [0.2, 0.25) is 0 Å². The number of thiophene rings is 1. The Morgan fingerprint density at radius 1 is 1.43 bits per heavy atom. The molecule has 1 atom stereocenters. The molecule has 1 aromatic carbocycles. The van der Waals surface area contributed by atoms with Gasteiger partial charge < -0.3 is 10.0 Å². The minimum atomic E-state index is -0.901. The topological polar surface area (TPSA) is 57.6 Å². The molecule has 4 nitrogen and oxygen atoms in total. The largest absolute Gasteiger partial charge is 0.481 e. The molecule has 0 radical (unpaired) electrons. The fourth-order valence-electron chi connectivity index (χ4n) is 2.79. The Bertz CT molecular complexity index is 712. The molecule has 1 fully saturated rings. The summed E-state index contributed by atoms with van der Waals surface area (Å²) in [5.74, 6) is -1.44. The van der Waals surface area contributed by atoms with Crippen LogP contribution in [0.2, 0.25) is 0 Å². The van der Waals surface area contributed by atoms with Gasteiger partial charge in [-0.3, -0.25) is 9.59 Å². The molecule has 1 aliphatic rings. The molecule has 3 rings (SSSR count). The Kier molecular flexibility index (Phi) is 3.63. The van der Waals surface area contributed by atoms with Crippen molar-refractivity contribution in [3.8, 4) is 0 Å². The number of likely N-dealkylation sites (tertiary alicyclic amines) is 1. The smallest absolute Gasteiger partial charge is 0.305 e. The number of hydrogen-bond acceptors (Lipinski definition) is 3. The van der Waals surface area contributed by atoms with E-state index >= 15 is 0 Å². The lowest BCUT2D eigenvalue weighted by Gasteiger charge is -2.22. The van der Waals surface area contributed by atoms with Gasteiger partial charge in [0.15, 0.2) is 0 Å². The third kappa shape index (κ3) is 2.63. The first-order valence-electron chi connectivity index (χ1n) is 6.77. The van der Waals surface area contributed by atoms with Crippen LogP contribution in [0.4, 0.5) is 4.39 Å². The van der Waals surface area contributed by atoms with E-state index in [0.29, 0.717) is 23.2 Å². The molecule has 1 amide bonds. The number of benzene rings is 1. The number of carboxylic acid groups (broad SMARTS) is 1. The van der Waals surface area contributed by atoms with Gasteiger partial charge in [-0.1, -0.05) is 6.07 Å². The van der Waals surface area contributed by atoms with Gasteiger partial charge in [0.25, 0.3) is 5.91 Å². The number of carbonyl (C=O) groups excluding carboxylic acids is 1. The number of fused-ring (bicyclic) bond motifs is 1. The zero-order valence-corrected chi connectivity index (χ0v) is 12.0. The summed E-state index contributed by atoms with van der Waals surface area (Å²) >= 11 is 1.25. The summed E-state index contributed by atoms with van der Waals surface area (Å²) in [6.07, 6.45) is 1.48. The van der Waals surface area contributed by atoms with Gasteiger partial charge in [-0.2, -0.15) is 0 Å². The van der Waals surface area contributed by atoms with Gasteiger partial charge in [0, 0.05) is 22.7 Å². The zero-order valence-electron chi connectivity index (χ0n) is 11.2. The van der Waals surface area contributed by atoms with Crippen molar-refractivity contribution < 1.29 is 19.1 Å². The quantitative estimate of drug-likeness (QED) is 0.948. The number of rotatable bonds is 3. The standard InChI is InChI=1S/C15H14FNO3S/c16-11-4-1-5-12-10(11)8-13(21-12)15(20)17-6-2-3-9(17)7-14(18)19/h1,4-5,8-9H,2-3,6-7H2,(H,18,19). The lowest BCUT2D eigenvalue weighted by molar-refractivity contribution is -0.137. The SMILES string of the molecule is O=C(O)CC1CCCN1C(=O)c1cc2c(F)cccc2s1. The van der Waals surface area contributed by atoms with Gasteiger partial charge in [-0.25, -0.2) is 4.39 Å². The van der Waals surface area contributed by atoms with E-state index in [4.69, 9.17) is 5.11 Å². The van der Waals surface area contributed by atoms with E-state index < -0.39 is 5.97 Å². The van der Waals surface area contributed by atoms with Crippen molar-refractivity contribution in [2.24, 2.45) is 0 Å². The van der Waals surface area contributed by atoms with Crippen LogP contribution in [0.1, 0.15) is 28.9 Å². The molecule has 2 heterocycles. The van der Waals surface area contributed by atoms with Gasteiger partial charge in [0.1, 0.15) is 5.82 Å². The van der Waals surface area contributed by atoms with Gasteiger partial charge in [-0.05, 0) is 31.0 Å². The van der Waals surface area contributed by atoms with Gasteiger partial charge in [0.05, 0.1) is 11.3 Å². The molecular formula is C15H14FNO3S. The lowest BCUT2D eigenvalue weighted by atomic mass is 10.1. The summed E-state index contributed by atoms with van der Waals surface area (Å²) in [5, 5.41) is 9.35. The average Bonchev–Trinajstić information content (AvgIpc) is 3.04. The predicted octanol–water partition coefficient (Wildman–Crippen LogP) is 3.12. The van der Waals surface area contributed by atoms with Crippen LogP contribution in [-0.4, -0.2) is 34.5 Å². The molecule has 0 spiro atoms. The first-order valence-corrected chi connectivity index (χ1v) is 7.59. The monoisotopic (exact) mass is 307 g/mol. The van der Waals surface area contributed by atoms with Crippen LogP contribution in [0.3, 0.4) is 0 Å². The molecule has 6 heteroatoms. The highest BCUT2D eigenvalue weighted by atomic mass is 32.1. The molecule has 0 aliphatic carbocycles. The molecule has 21 heavy (non-hydrogen) atoms. The van der Waals surface area contributed by atoms with Crippen molar-refractivity contribution in [2.75, 3.05) is 6.54 Å². The summed E-state index contributed by atoms with van der Waals surface area (Å²) in [7, 11) is 0. The molecule has 1 unspecified atom stereocenters. The fraction of sp³-hybridized carbons (Fsp3) is 0.333. The zero-order chi connectivity index (χ0) is 15.0. The molecule has 110 valence electrons. The average molecular weight is 307 g/mol. The lowest BCUT2D eigenvalue weighted by Crippen LogP contribution is -2.36. The fourth-order valence-corrected chi connectivity index (χ4v) is 3.82. The molecule has 1 aromatic heterocycles. The van der Waals surface area contributed by atoms with Crippen LogP contribution in [0.25, 0.3) is 10.1 Å². The van der Waals surface area contributed by atoms with Crippen molar-refractivity contribution in [2.45, 2.75) is 25.3 Å². The number of halogens is 1. The van der Waals surface area contributed by atoms with Gasteiger partial charge in [-0.15, -0.1) is 11.3 Å². The number of carbonyl (C=O) groups is 2. The minimum absolute atomic E-state index is 0.0367.